The van der Waals surface area contributed by atoms with Crippen LogP contribution in [0.2, 0.25) is 0 Å². The molecule has 2 aromatic rings. The van der Waals surface area contributed by atoms with Gasteiger partial charge in [-0.1, -0.05) is 12.1 Å². The lowest BCUT2D eigenvalue weighted by molar-refractivity contribution is 0.199. The van der Waals surface area contributed by atoms with E-state index in [1.807, 2.05) is 25.1 Å². The van der Waals surface area contributed by atoms with Crippen molar-refractivity contribution in [3.8, 4) is 0 Å². The van der Waals surface area contributed by atoms with Crippen LogP contribution in [0.25, 0.3) is 10.9 Å². The van der Waals surface area contributed by atoms with Crippen molar-refractivity contribution in [2.24, 2.45) is 0 Å². The zero-order chi connectivity index (χ0) is 9.42. The number of hydrogen-bond acceptors (Lipinski definition) is 1. The molecule has 1 heterocycles. The van der Waals surface area contributed by atoms with Gasteiger partial charge < -0.3 is 10.1 Å². The molecule has 1 aromatic carbocycles. The molecule has 0 bridgehead atoms. The minimum atomic E-state index is -0.395. The molecule has 0 radical (unpaired) electrons. The Morgan fingerprint density at radius 2 is 2.08 bits per heavy atom. The highest BCUT2D eigenvalue weighted by molar-refractivity contribution is 5.81. The summed E-state index contributed by atoms with van der Waals surface area (Å²) in [5, 5.41) is 10.6. The summed E-state index contributed by atoms with van der Waals surface area (Å²) in [5.41, 5.74) is 3.20. The Morgan fingerprint density at radius 1 is 1.31 bits per heavy atom. The molecule has 1 aromatic heterocycles. The Labute approximate surface area is 77.2 Å². The van der Waals surface area contributed by atoms with Gasteiger partial charge in [0.2, 0.25) is 0 Å². The number of aliphatic hydroxyl groups is 1. The van der Waals surface area contributed by atoms with Gasteiger partial charge >= 0.3 is 0 Å². The van der Waals surface area contributed by atoms with Crippen molar-refractivity contribution in [1.82, 2.24) is 4.98 Å². The number of rotatable bonds is 1. The minimum Gasteiger partial charge on any atom is -0.389 e. The number of aliphatic hydroxyl groups excluding tert-OH is 1. The van der Waals surface area contributed by atoms with Crippen LogP contribution in [0, 0.1) is 6.92 Å². The first-order valence-electron chi connectivity index (χ1n) is 4.44. The monoisotopic (exact) mass is 175 g/mol. The van der Waals surface area contributed by atoms with E-state index in [0.29, 0.717) is 0 Å². The quantitative estimate of drug-likeness (QED) is 0.686. The van der Waals surface area contributed by atoms with Crippen molar-refractivity contribution in [3.63, 3.8) is 0 Å². The maximum Gasteiger partial charge on any atom is 0.0762 e. The van der Waals surface area contributed by atoms with Gasteiger partial charge in [0.1, 0.15) is 0 Å². The maximum absolute atomic E-state index is 9.38. The average molecular weight is 175 g/mol. The van der Waals surface area contributed by atoms with Gasteiger partial charge in [0, 0.05) is 11.2 Å². The molecular weight excluding hydrogens is 162 g/mol. The first kappa shape index (κ1) is 8.32. The minimum absolute atomic E-state index is 0.395. The third-order valence-corrected chi connectivity index (χ3v) is 2.26. The third-order valence-electron chi connectivity index (χ3n) is 2.26. The zero-order valence-electron chi connectivity index (χ0n) is 7.83. The highest BCUT2D eigenvalue weighted by atomic mass is 16.3. The van der Waals surface area contributed by atoms with E-state index in [1.54, 1.807) is 6.92 Å². The smallest absolute Gasteiger partial charge is 0.0762 e. The normalized spacial score (nSPS) is 13.5. The van der Waals surface area contributed by atoms with E-state index < -0.39 is 6.10 Å². The van der Waals surface area contributed by atoms with Crippen LogP contribution >= 0.6 is 0 Å². The largest absolute Gasteiger partial charge is 0.389 e. The first-order chi connectivity index (χ1) is 6.16. The standard InChI is InChI=1S/C11H13NO/c1-7-5-10-4-3-9(8(2)13)6-11(10)12-7/h3-6,8,12-13H,1-2H3. The van der Waals surface area contributed by atoms with Crippen LogP contribution in [-0.4, -0.2) is 10.1 Å². The number of aromatic amines is 1. The molecule has 1 unspecified atom stereocenters. The van der Waals surface area contributed by atoms with Gasteiger partial charge in [0.25, 0.3) is 0 Å². The topological polar surface area (TPSA) is 36.0 Å². The van der Waals surface area contributed by atoms with Crippen LogP contribution in [0.1, 0.15) is 24.3 Å². The molecule has 0 spiro atoms. The van der Waals surface area contributed by atoms with E-state index >= 15 is 0 Å². The Kier molecular flexibility index (Phi) is 1.85. The molecule has 0 aliphatic rings. The lowest BCUT2D eigenvalue weighted by atomic mass is 10.1. The first-order valence-corrected chi connectivity index (χ1v) is 4.44. The number of fused-ring (bicyclic) bond motifs is 1. The van der Waals surface area contributed by atoms with Gasteiger partial charge in [-0.05, 0) is 36.9 Å². The molecule has 2 nitrogen and oxygen atoms in total. The van der Waals surface area contributed by atoms with E-state index in [1.165, 1.54) is 5.39 Å². The molecule has 0 aliphatic carbocycles. The van der Waals surface area contributed by atoms with Crippen molar-refractivity contribution in [1.29, 1.82) is 0 Å². The van der Waals surface area contributed by atoms with Gasteiger partial charge in [-0.3, -0.25) is 0 Å². The van der Waals surface area contributed by atoms with Gasteiger partial charge in [-0.2, -0.15) is 0 Å². The van der Waals surface area contributed by atoms with E-state index in [2.05, 4.69) is 11.1 Å². The van der Waals surface area contributed by atoms with Crippen molar-refractivity contribution >= 4 is 10.9 Å². The fraction of sp³-hybridized carbons (Fsp3) is 0.273. The van der Waals surface area contributed by atoms with Crippen LogP contribution in [0.15, 0.2) is 24.3 Å². The van der Waals surface area contributed by atoms with Crippen LogP contribution in [0.4, 0.5) is 0 Å². The second kappa shape index (κ2) is 2.89. The van der Waals surface area contributed by atoms with Crippen molar-refractivity contribution in [3.05, 3.63) is 35.5 Å². The highest BCUT2D eigenvalue weighted by Crippen LogP contribution is 2.20. The van der Waals surface area contributed by atoms with E-state index in [9.17, 15) is 5.11 Å². The summed E-state index contributed by atoms with van der Waals surface area (Å²) < 4.78 is 0. The number of aromatic nitrogens is 1. The van der Waals surface area contributed by atoms with E-state index in [4.69, 9.17) is 0 Å². The third kappa shape index (κ3) is 1.45. The number of hydrogen-bond donors (Lipinski definition) is 2. The zero-order valence-corrected chi connectivity index (χ0v) is 7.83. The number of benzene rings is 1. The molecule has 13 heavy (non-hydrogen) atoms. The molecular formula is C11H13NO. The van der Waals surface area contributed by atoms with Crippen LogP contribution in [0.5, 0.6) is 0 Å². The summed E-state index contributed by atoms with van der Waals surface area (Å²) in [6.45, 7) is 3.80. The van der Waals surface area contributed by atoms with Crippen molar-refractivity contribution in [2.45, 2.75) is 20.0 Å². The van der Waals surface area contributed by atoms with Crippen LogP contribution < -0.4 is 0 Å². The van der Waals surface area contributed by atoms with Crippen LogP contribution in [-0.2, 0) is 0 Å². The molecule has 2 heteroatoms. The van der Waals surface area contributed by atoms with Gasteiger partial charge in [0.05, 0.1) is 6.10 Å². The van der Waals surface area contributed by atoms with Gasteiger partial charge in [-0.25, -0.2) is 0 Å². The lowest BCUT2D eigenvalue weighted by Gasteiger charge is -2.03. The second-order valence-electron chi connectivity index (χ2n) is 3.48. The lowest BCUT2D eigenvalue weighted by Crippen LogP contribution is -1.89. The van der Waals surface area contributed by atoms with Gasteiger partial charge in [0.15, 0.2) is 0 Å². The van der Waals surface area contributed by atoms with Crippen molar-refractivity contribution in [2.75, 3.05) is 0 Å². The fourth-order valence-electron chi connectivity index (χ4n) is 1.55. The molecule has 0 saturated heterocycles. The van der Waals surface area contributed by atoms with E-state index in [-0.39, 0.29) is 0 Å². The maximum atomic E-state index is 9.38. The molecule has 0 amide bonds. The Bertz CT molecular complexity index is 429. The van der Waals surface area contributed by atoms with Crippen molar-refractivity contribution < 1.29 is 5.11 Å². The molecule has 68 valence electrons. The Morgan fingerprint density at radius 3 is 2.77 bits per heavy atom. The Hall–Kier alpha value is -1.28. The predicted octanol–water partition coefficient (Wildman–Crippen LogP) is 2.53. The number of nitrogens with one attached hydrogen (secondary N) is 1. The predicted molar refractivity (Wildman–Crippen MR) is 53.7 cm³/mol. The summed E-state index contributed by atoms with van der Waals surface area (Å²) in [6.07, 6.45) is -0.395. The molecule has 0 aliphatic heterocycles. The number of aryl methyl sites for hydroxylation is 1. The number of H-pyrrole nitrogens is 1. The summed E-state index contributed by atoms with van der Waals surface area (Å²) in [5.74, 6) is 0. The molecule has 0 saturated carbocycles. The molecule has 1 atom stereocenters. The fourth-order valence-corrected chi connectivity index (χ4v) is 1.55. The summed E-state index contributed by atoms with van der Waals surface area (Å²) >= 11 is 0. The summed E-state index contributed by atoms with van der Waals surface area (Å²) in [4.78, 5) is 3.24. The molecule has 2 rings (SSSR count). The van der Waals surface area contributed by atoms with E-state index in [0.717, 1.165) is 16.8 Å². The average Bonchev–Trinajstić information content (AvgIpc) is 2.42. The van der Waals surface area contributed by atoms with Crippen LogP contribution in [0.3, 0.4) is 0 Å². The summed E-state index contributed by atoms with van der Waals surface area (Å²) in [6, 6.07) is 8.08. The SMILES string of the molecule is Cc1cc2ccc(C(C)O)cc2[nH]1. The Balaban J connectivity index is 2.61. The second-order valence-corrected chi connectivity index (χ2v) is 3.48. The van der Waals surface area contributed by atoms with Gasteiger partial charge in [-0.15, -0.1) is 0 Å². The summed E-state index contributed by atoms with van der Waals surface area (Å²) in [7, 11) is 0. The highest BCUT2D eigenvalue weighted by Gasteiger charge is 2.02. The molecule has 0 fully saturated rings. The molecule has 2 N–H and O–H groups in total.